The Morgan fingerprint density at radius 1 is 0.411 bits per heavy atom. The molecule has 0 bridgehead atoms. The first-order chi connectivity index (χ1) is 27.7. The van der Waals surface area contributed by atoms with Crippen molar-refractivity contribution in [3.63, 3.8) is 0 Å². The monoisotopic (exact) mass is 788 g/mol. The van der Waals surface area contributed by atoms with Gasteiger partial charge in [0.05, 0.1) is 18.8 Å². The minimum Gasteiger partial charge on any atom is -0.394 e. The van der Waals surface area contributed by atoms with Crippen molar-refractivity contribution in [1.29, 1.82) is 0 Å². The summed E-state index contributed by atoms with van der Waals surface area (Å²) in [7, 11) is 0. The maximum atomic E-state index is 12.4. The molecule has 0 aromatic rings. The van der Waals surface area contributed by atoms with Gasteiger partial charge < -0.3 is 15.5 Å². The minimum absolute atomic E-state index is 0.0678. The minimum atomic E-state index is -0.859. The summed E-state index contributed by atoms with van der Waals surface area (Å²) < 4.78 is 0. The molecule has 4 nitrogen and oxygen atoms in total. The Bertz CT molecular complexity index is 810. The molecule has 0 aromatic heterocycles. The Hall–Kier alpha value is -1.13. The van der Waals surface area contributed by atoms with Crippen LogP contribution in [-0.4, -0.2) is 34.9 Å². The quantitative estimate of drug-likeness (QED) is 0.0425. The van der Waals surface area contributed by atoms with Gasteiger partial charge >= 0.3 is 0 Å². The van der Waals surface area contributed by atoms with Gasteiger partial charge in [-0.25, -0.2) is 0 Å². The first-order valence-corrected chi connectivity index (χ1v) is 25.6. The highest BCUT2D eigenvalue weighted by Gasteiger charge is 2.17. The Morgan fingerprint density at radius 2 is 0.696 bits per heavy atom. The maximum absolute atomic E-state index is 12.4. The lowest BCUT2D eigenvalue weighted by molar-refractivity contribution is -0.123. The van der Waals surface area contributed by atoms with Gasteiger partial charge in [-0.05, 0) is 32.1 Å². The molecule has 0 aliphatic carbocycles. The number of amides is 1. The fraction of sp³-hybridized carbons (Fsp3) is 0.904. The Kier molecular flexibility index (Phi) is 47.3. The molecule has 0 saturated heterocycles. The van der Waals surface area contributed by atoms with E-state index in [-0.39, 0.29) is 12.5 Å². The third kappa shape index (κ3) is 44.0. The van der Waals surface area contributed by atoms with Gasteiger partial charge in [-0.2, -0.15) is 0 Å². The third-order valence-corrected chi connectivity index (χ3v) is 11.9. The zero-order valence-corrected chi connectivity index (χ0v) is 38.2. The number of allylic oxidation sites excluding steroid dienone is 3. The largest absolute Gasteiger partial charge is 0.394 e. The topological polar surface area (TPSA) is 69.6 Å². The lowest BCUT2D eigenvalue weighted by Gasteiger charge is -2.19. The summed E-state index contributed by atoms with van der Waals surface area (Å²) in [6.07, 6.45) is 63.2. The highest BCUT2D eigenvalue weighted by molar-refractivity contribution is 5.76. The molecule has 0 fully saturated rings. The molecule has 3 N–H and O–H groups in total. The van der Waals surface area contributed by atoms with E-state index in [4.69, 9.17) is 0 Å². The molecule has 332 valence electrons. The number of carbonyl (C=O) groups is 1. The van der Waals surface area contributed by atoms with Gasteiger partial charge in [0, 0.05) is 6.42 Å². The fourth-order valence-electron chi connectivity index (χ4n) is 8.02. The summed E-state index contributed by atoms with van der Waals surface area (Å²) in [5, 5.41) is 23.1. The van der Waals surface area contributed by atoms with Crippen molar-refractivity contribution in [3.8, 4) is 0 Å². The molecular weight excluding hydrogens is 687 g/mol. The highest BCUT2D eigenvalue weighted by Crippen LogP contribution is 2.17. The van der Waals surface area contributed by atoms with Crippen molar-refractivity contribution in [1.82, 2.24) is 5.32 Å². The summed E-state index contributed by atoms with van der Waals surface area (Å²) in [5.41, 5.74) is 0. The van der Waals surface area contributed by atoms with Crippen molar-refractivity contribution in [2.45, 2.75) is 296 Å². The van der Waals surface area contributed by atoms with Crippen molar-refractivity contribution >= 4 is 5.91 Å². The van der Waals surface area contributed by atoms with Crippen LogP contribution in [0, 0.1) is 0 Å². The van der Waals surface area contributed by atoms with Crippen LogP contribution in [0.15, 0.2) is 24.3 Å². The number of unbranched alkanes of at least 4 members (excludes halogenated alkanes) is 38. The van der Waals surface area contributed by atoms with E-state index >= 15 is 0 Å². The molecule has 2 unspecified atom stereocenters. The van der Waals surface area contributed by atoms with E-state index in [2.05, 4.69) is 31.3 Å². The zero-order valence-electron chi connectivity index (χ0n) is 38.2. The van der Waals surface area contributed by atoms with Crippen LogP contribution < -0.4 is 5.32 Å². The van der Waals surface area contributed by atoms with E-state index < -0.39 is 12.1 Å². The lowest BCUT2D eigenvalue weighted by atomic mass is 10.0. The highest BCUT2D eigenvalue weighted by atomic mass is 16.3. The lowest BCUT2D eigenvalue weighted by Crippen LogP contribution is -2.45. The number of aliphatic hydroxyl groups excluding tert-OH is 2. The summed E-state index contributed by atoms with van der Waals surface area (Å²) in [6, 6.07) is -0.635. The first kappa shape index (κ1) is 54.9. The van der Waals surface area contributed by atoms with Crippen LogP contribution in [-0.2, 0) is 4.79 Å². The van der Waals surface area contributed by atoms with Gasteiger partial charge in [0.25, 0.3) is 0 Å². The molecule has 0 aromatic carbocycles. The summed E-state index contributed by atoms with van der Waals surface area (Å²) in [6.45, 7) is 4.33. The molecule has 0 rings (SSSR count). The molecule has 0 saturated carbocycles. The SMILES string of the molecule is CCCCCCCCCCCCCCCCC/C=C/CC/C=C/C(O)C(CO)NC(=O)CCCCCCCCCCCCCCCCCCCCCCCCC. The van der Waals surface area contributed by atoms with Crippen LogP contribution in [0.25, 0.3) is 0 Å². The van der Waals surface area contributed by atoms with E-state index in [0.29, 0.717) is 6.42 Å². The molecule has 0 spiro atoms. The normalized spacial score (nSPS) is 13.0. The van der Waals surface area contributed by atoms with Crippen LogP contribution in [0.3, 0.4) is 0 Å². The van der Waals surface area contributed by atoms with Crippen molar-refractivity contribution in [2.24, 2.45) is 0 Å². The second-order valence-corrected chi connectivity index (χ2v) is 17.6. The molecule has 0 heterocycles. The average Bonchev–Trinajstić information content (AvgIpc) is 3.20. The Labute approximate surface area is 351 Å². The van der Waals surface area contributed by atoms with Gasteiger partial charge in [0.15, 0.2) is 0 Å². The summed E-state index contributed by atoms with van der Waals surface area (Å²) >= 11 is 0. The summed E-state index contributed by atoms with van der Waals surface area (Å²) in [4.78, 5) is 12.4. The predicted octanol–water partition coefficient (Wildman–Crippen LogP) is 16.4. The molecular formula is C52H101NO3. The zero-order chi connectivity index (χ0) is 40.7. The maximum Gasteiger partial charge on any atom is 0.220 e. The summed E-state index contributed by atoms with van der Waals surface area (Å²) in [5.74, 6) is -0.0678. The van der Waals surface area contributed by atoms with Crippen LogP contribution in [0.2, 0.25) is 0 Å². The van der Waals surface area contributed by atoms with Gasteiger partial charge in [-0.1, -0.05) is 269 Å². The average molecular weight is 788 g/mol. The predicted molar refractivity (Wildman–Crippen MR) is 249 cm³/mol. The van der Waals surface area contributed by atoms with Crippen molar-refractivity contribution in [3.05, 3.63) is 24.3 Å². The van der Waals surface area contributed by atoms with Crippen molar-refractivity contribution in [2.75, 3.05) is 6.61 Å². The number of aliphatic hydroxyl groups is 2. The first-order valence-electron chi connectivity index (χ1n) is 25.6. The van der Waals surface area contributed by atoms with E-state index in [1.165, 1.54) is 231 Å². The van der Waals surface area contributed by atoms with Crippen LogP contribution in [0.4, 0.5) is 0 Å². The van der Waals surface area contributed by atoms with Gasteiger partial charge in [0.2, 0.25) is 5.91 Å². The van der Waals surface area contributed by atoms with E-state index in [1.54, 1.807) is 6.08 Å². The van der Waals surface area contributed by atoms with Gasteiger partial charge in [-0.3, -0.25) is 4.79 Å². The molecule has 4 heteroatoms. The number of nitrogens with one attached hydrogen (secondary N) is 1. The third-order valence-electron chi connectivity index (χ3n) is 11.9. The number of hydrogen-bond donors (Lipinski definition) is 3. The second-order valence-electron chi connectivity index (χ2n) is 17.6. The number of carbonyl (C=O) groups excluding carboxylic acids is 1. The Morgan fingerprint density at radius 3 is 1.04 bits per heavy atom. The molecule has 0 radical (unpaired) electrons. The Balaban J connectivity index is 3.52. The smallest absolute Gasteiger partial charge is 0.220 e. The van der Waals surface area contributed by atoms with E-state index in [9.17, 15) is 15.0 Å². The van der Waals surface area contributed by atoms with Crippen molar-refractivity contribution < 1.29 is 15.0 Å². The van der Waals surface area contributed by atoms with E-state index in [0.717, 1.165) is 32.1 Å². The standard InChI is InChI=1S/C52H101NO3/c1-3-5-7-9-11-13-15-17-19-21-23-25-26-28-30-32-34-36-38-40-42-44-46-48-52(56)53-50(49-54)51(55)47-45-43-41-39-37-35-33-31-29-27-24-22-20-18-16-14-12-10-8-6-4-2/h37,39,45,47,50-51,54-55H,3-36,38,40-44,46,48-49H2,1-2H3,(H,53,56)/b39-37+,47-45+. The van der Waals surface area contributed by atoms with Crippen LogP contribution in [0.5, 0.6) is 0 Å². The molecule has 56 heavy (non-hydrogen) atoms. The molecule has 2 atom stereocenters. The fourth-order valence-corrected chi connectivity index (χ4v) is 8.02. The van der Waals surface area contributed by atoms with E-state index in [1.807, 2.05) is 6.08 Å². The second kappa shape index (κ2) is 48.2. The van der Waals surface area contributed by atoms with Crippen LogP contribution >= 0.6 is 0 Å². The number of rotatable bonds is 47. The van der Waals surface area contributed by atoms with Gasteiger partial charge in [0.1, 0.15) is 0 Å². The van der Waals surface area contributed by atoms with Crippen LogP contribution in [0.1, 0.15) is 284 Å². The molecule has 1 amide bonds. The number of hydrogen-bond acceptors (Lipinski definition) is 3. The van der Waals surface area contributed by atoms with Gasteiger partial charge in [-0.15, -0.1) is 0 Å². The molecule has 0 aliphatic heterocycles. The molecule has 0 aliphatic rings.